The summed E-state index contributed by atoms with van der Waals surface area (Å²) < 4.78 is 6.80. The topological polar surface area (TPSA) is 68.2 Å². The first-order chi connectivity index (χ1) is 8.22. The standard InChI is InChI=1S/C11H18N4O2/c1-15-4-3-13-11(15)8-5-12-6-9(8)14-10(16)7-17-2/h3-4,8-9,12H,5-7H2,1-2H3,(H,14,16). The molecular weight excluding hydrogens is 220 g/mol. The molecule has 17 heavy (non-hydrogen) atoms. The first-order valence-electron chi connectivity index (χ1n) is 5.68. The SMILES string of the molecule is COCC(=O)NC1CNCC1c1nccn1C. The van der Waals surface area contributed by atoms with E-state index in [0.29, 0.717) is 0 Å². The number of imidazole rings is 1. The predicted molar refractivity (Wildman–Crippen MR) is 62.6 cm³/mol. The monoisotopic (exact) mass is 238 g/mol. The molecule has 6 nitrogen and oxygen atoms in total. The van der Waals surface area contributed by atoms with Gasteiger partial charge in [-0.25, -0.2) is 4.98 Å². The van der Waals surface area contributed by atoms with Crippen LogP contribution in [0.25, 0.3) is 0 Å². The van der Waals surface area contributed by atoms with Crippen LogP contribution in [0.15, 0.2) is 12.4 Å². The van der Waals surface area contributed by atoms with E-state index in [0.717, 1.165) is 18.9 Å². The lowest BCUT2D eigenvalue weighted by Gasteiger charge is -2.19. The second-order valence-electron chi connectivity index (χ2n) is 4.27. The van der Waals surface area contributed by atoms with Crippen LogP contribution >= 0.6 is 0 Å². The van der Waals surface area contributed by atoms with Crippen LogP contribution in [0.4, 0.5) is 0 Å². The Morgan fingerprint density at radius 1 is 1.71 bits per heavy atom. The number of ether oxygens (including phenoxy) is 1. The molecule has 2 rings (SSSR count). The van der Waals surface area contributed by atoms with Crippen molar-refractivity contribution in [3.63, 3.8) is 0 Å². The molecule has 0 saturated carbocycles. The van der Waals surface area contributed by atoms with Gasteiger partial charge < -0.3 is 19.9 Å². The molecule has 2 unspecified atom stereocenters. The van der Waals surface area contributed by atoms with Crippen LogP contribution in [0.2, 0.25) is 0 Å². The average molecular weight is 238 g/mol. The van der Waals surface area contributed by atoms with Crippen LogP contribution in [0, 0.1) is 0 Å². The second-order valence-corrected chi connectivity index (χ2v) is 4.27. The van der Waals surface area contributed by atoms with E-state index in [1.54, 1.807) is 6.20 Å². The van der Waals surface area contributed by atoms with Gasteiger partial charge in [0.2, 0.25) is 5.91 Å². The third kappa shape index (κ3) is 2.65. The number of nitrogens with one attached hydrogen (secondary N) is 2. The minimum Gasteiger partial charge on any atom is -0.375 e. The van der Waals surface area contributed by atoms with Gasteiger partial charge in [0.1, 0.15) is 12.4 Å². The molecule has 1 amide bonds. The molecule has 1 aromatic heterocycles. The molecule has 1 fully saturated rings. The molecule has 0 aromatic carbocycles. The van der Waals surface area contributed by atoms with Crippen molar-refractivity contribution in [3.05, 3.63) is 18.2 Å². The summed E-state index contributed by atoms with van der Waals surface area (Å²) in [7, 11) is 3.48. The maximum atomic E-state index is 11.5. The van der Waals surface area contributed by atoms with Crippen molar-refractivity contribution in [2.75, 3.05) is 26.8 Å². The molecule has 0 bridgehead atoms. The minimum atomic E-state index is -0.0830. The van der Waals surface area contributed by atoms with E-state index in [1.165, 1.54) is 7.11 Å². The highest BCUT2D eigenvalue weighted by Crippen LogP contribution is 2.20. The molecule has 1 aliphatic heterocycles. The Labute approximate surface area is 100 Å². The van der Waals surface area contributed by atoms with Gasteiger partial charge in [0.15, 0.2) is 0 Å². The van der Waals surface area contributed by atoms with Crippen LogP contribution in [0.3, 0.4) is 0 Å². The number of hydrogen-bond acceptors (Lipinski definition) is 4. The van der Waals surface area contributed by atoms with Gasteiger partial charge in [-0.05, 0) is 0 Å². The Bertz CT molecular complexity index is 391. The van der Waals surface area contributed by atoms with Gasteiger partial charge in [0.25, 0.3) is 0 Å². The molecule has 1 aliphatic rings. The highest BCUT2D eigenvalue weighted by molar-refractivity contribution is 5.77. The number of rotatable bonds is 4. The van der Waals surface area contributed by atoms with Crippen molar-refractivity contribution in [3.8, 4) is 0 Å². The van der Waals surface area contributed by atoms with E-state index in [-0.39, 0.29) is 24.5 Å². The van der Waals surface area contributed by atoms with Crippen LogP contribution in [0.1, 0.15) is 11.7 Å². The fraction of sp³-hybridized carbons (Fsp3) is 0.636. The normalized spacial score (nSPS) is 23.9. The molecule has 6 heteroatoms. The number of methoxy groups -OCH3 is 1. The Morgan fingerprint density at radius 2 is 2.53 bits per heavy atom. The van der Waals surface area contributed by atoms with Crippen LogP contribution in [-0.2, 0) is 16.6 Å². The first-order valence-corrected chi connectivity index (χ1v) is 5.68. The zero-order valence-electron chi connectivity index (χ0n) is 10.1. The lowest BCUT2D eigenvalue weighted by Crippen LogP contribution is -2.41. The fourth-order valence-corrected chi connectivity index (χ4v) is 2.22. The van der Waals surface area contributed by atoms with E-state index in [1.807, 2.05) is 17.8 Å². The number of nitrogens with zero attached hydrogens (tertiary/aromatic N) is 2. The number of hydrogen-bond donors (Lipinski definition) is 2. The molecule has 94 valence electrons. The van der Waals surface area contributed by atoms with Gasteiger partial charge in [0, 0.05) is 39.6 Å². The van der Waals surface area contributed by atoms with Crippen molar-refractivity contribution >= 4 is 5.91 Å². The van der Waals surface area contributed by atoms with E-state index in [9.17, 15) is 4.79 Å². The summed E-state index contributed by atoms with van der Waals surface area (Å²) in [6.45, 7) is 1.71. The lowest BCUT2D eigenvalue weighted by atomic mass is 10.0. The summed E-state index contributed by atoms with van der Waals surface area (Å²) in [4.78, 5) is 15.8. The van der Waals surface area contributed by atoms with E-state index in [4.69, 9.17) is 4.74 Å². The fourth-order valence-electron chi connectivity index (χ4n) is 2.22. The summed E-state index contributed by atoms with van der Waals surface area (Å²) in [5, 5.41) is 6.24. The largest absolute Gasteiger partial charge is 0.375 e. The number of carbonyl (C=O) groups is 1. The van der Waals surface area contributed by atoms with Crippen LogP contribution < -0.4 is 10.6 Å². The van der Waals surface area contributed by atoms with E-state index >= 15 is 0 Å². The Balaban J connectivity index is 2.03. The molecule has 1 aromatic rings. The minimum absolute atomic E-state index is 0.0822. The Kier molecular flexibility index (Phi) is 3.75. The summed E-state index contributed by atoms with van der Waals surface area (Å²) in [6, 6.07) is 0.0822. The molecule has 2 atom stereocenters. The summed E-state index contributed by atoms with van der Waals surface area (Å²) >= 11 is 0. The van der Waals surface area contributed by atoms with Crippen LogP contribution in [0.5, 0.6) is 0 Å². The van der Waals surface area contributed by atoms with Gasteiger partial charge >= 0.3 is 0 Å². The van der Waals surface area contributed by atoms with Gasteiger partial charge in [-0.2, -0.15) is 0 Å². The average Bonchev–Trinajstić information content (AvgIpc) is 2.87. The quantitative estimate of drug-likeness (QED) is 0.723. The van der Waals surface area contributed by atoms with Crippen molar-refractivity contribution in [2.24, 2.45) is 7.05 Å². The third-order valence-corrected chi connectivity index (χ3v) is 3.03. The number of aromatic nitrogens is 2. The second kappa shape index (κ2) is 5.29. The highest BCUT2D eigenvalue weighted by atomic mass is 16.5. The van der Waals surface area contributed by atoms with Crippen molar-refractivity contribution in [2.45, 2.75) is 12.0 Å². The first kappa shape index (κ1) is 12.1. The van der Waals surface area contributed by atoms with Gasteiger partial charge in [0.05, 0.1) is 12.0 Å². The summed E-state index contributed by atoms with van der Waals surface area (Å²) in [5.41, 5.74) is 0. The van der Waals surface area contributed by atoms with Gasteiger partial charge in [-0.3, -0.25) is 4.79 Å². The van der Waals surface area contributed by atoms with Crippen molar-refractivity contribution in [1.82, 2.24) is 20.2 Å². The van der Waals surface area contributed by atoms with Crippen molar-refractivity contribution < 1.29 is 9.53 Å². The molecule has 2 N–H and O–H groups in total. The molecule has 0 aliphatic carbocycles. The third-order valence-electron chi connectivity index (χ3n) is 3.03. The van der Waals surface area contributed by atoms with E-state index in [2.05, 4.69) is 15.6 Å². The summed E-state index contributed by atoms with van der Waals surface area (Å²) in [6.07, 6.45) is 3.70. The van der Waals surface area contributed by atoms with Crippen molar-refractivity contribution in [1.29, 1.82) is 0 Å². The number of carbonyl (C=O) groups excluding carboxylic acids is 1. The predicted octanol–water partition coefficient (Wildman–Crippen LogP) is -0.762. The maximum absolute atomic E-state index is 11.5. The smallest absolute Gasteiger partial charge is 0.246 e. The number of amides is 1. The Morgan fingerprint density at radius 3 is 3.18 bits per heavy atom. The summed E-state index contributed by atoms with van der Waals surface area (Å²) in [5.74, 6) is 1.13. The van der Waals surface area contributed by atoms with Gasteiger partial charge in [-0.15, -0.1) is 0 Å². The zero-order valence-corrected chi connectivity index (χ0v) is 10.1. The van der Waals surface area contributed by atoms with Crippen LogP contribution in [-0.4, -0.2) is 48.3 Å². The molecule has 2 heterocycles. The molecule has 0 radical (unpaired) electrons. The number of aryl methyl sites for hydroxylation is 1. The molecular formula is C11H18N4O2. The molecule has 1 saturated heterocycles. The van der Waals surface area contributed by atoms with Gasteiger partial charge in [-0.1, -0.05) is 0 Å². The maximum Gasteiger partial charge on any atom is 0.246 e. The van der Waals surface area contributed by atoms with E-state index < -0.39 is 0 Å². The highest BCUT2D eigenvalue weighted by Gasteiger charge is 2.31. The Hall–Kier alpha value is -1.40. The molecule has 0 spiro atoms. The lowest BCUT2D eigenvalue weighted by molar-refractivity contribution is -0.125. The zero-order chi connectivity index (χ0) is 12.3.